The molecule has 0 N–H and O–H groups in total. The van der Waals surface area contributed by atoms with E-state index in [1.807, 2.05) is 11.3 Å². The van der Waals surface area contributed by atoms with E-state index in [4.69, 9.17) is 4.42 Å². The van der Waals surface area contributed by atoms with E-state index in [0.717, 1.165) is 11.2 Å². The van der Waals surface area contributed by atoms with Crippen LogP contribution in [-0.2, 0) is 0 Å². The van der Waals surface area contributed by atoms with Crippen molar-refractivity contribution in [3.8, 4) is 33.4 Å². The van der Waals surface area contributed by atoms with Gasteiger partial charge in [0.15, 0.2) is 0 Å². The molecule has 0 atom stereocenters. The molecule has 0 bridgehead atoms. The van der Waals surface area contributed by atoms with Crippen molar-refractivity contribution in [2.75, 3.05) is 0 Å². The largest absolute Gasteiger partial charge is 0.456 e. The Morgan fingerprint density at radius 3 is 1.75 bits per heavy atom. The van der Waals surface area contributed by atoms with Crippen molar-refractivity contribution in [1.29, 1.82) is 0 Å². The Balaban J connectivity index is 1.21. The van der Waals surface area contributed by atoms with E-state index in [1.54, 1.807) is 0 Å². The van der Waals surface area contributed by atoms with E-state index in [2.05, 4.69) is 158 Å². The zero-order valence-electron chi connectivity index (χ0n) is 25.8. The van der Waals surface area contributed by atoms with E-state index < -0.39 is 0 Å². The van der Waals surface area contributed by atoms with Crippen LogP contribution in [-0.4, -0.2) is 0 Å². The maximum atomic E-state index is 6.35. The molecule has 11 rings (SSSR count). The minimum absolute atomic E-state index is 0.941. The quantitative estimate of drug-likeness (QED) is 0.140. The Morgan fingerprint density at radius 2 is 0.958 bits per heavy atom. The topological polar surface area (TPSA) is 13.1 Å². The Kier molecular flexibility index (Phi) is 5.32. The van der Waals surface area contributed by atoms with Gasteiger partial charge in [0.1, 0.15) is 11.2 Å². The molecule has 2 heteroatoms. The molecule has 2 heterocycles. The fourth-order valence-corrected chi connectivity index (χ4v) is 9.46. The summed E-state index contributed by atoms with van der Waals surface area (Å²) in [5.41, 5.74) is 9.43. The molecule has 0 unspecified atom stereocenters. The molecule has 0 amide bonds. The summed E-state index contributed by atoms with van der Waals surface area (Å²) >= 11 is 1.89. The Morgan fingerprint density at radius 1 is 0.375 bits per heavy atom. The Labute approximate surface area is 280 Å². The first-order chi connectivity index (χ1) is 23.8. The van der Waals surface area contributed by atoms with Crippen LogP contribution in [0, 0.1) is 0 Å². The predicted molar refractivity (Wildman–Crippen MR) is 207 cm³/mol. The second-order valence-corrected chi connectivity index (χ2v) is 13.8. The predicted octanol–water partition coefficient (Wildman–Crippen LogP) is 13.9. The first kappa shape index (κ1) is 26.1. The molecular weight excluding hydrogens is 601 g/mol. The van der Waals surface area contributed by atoms with Crippen LogP contribution in [0.1, 0.15) is 0 Å². The summed E-state index contributed by atoms with van der Waals surface area (Å²) in [5.74, 6) is 0. The molecular formula is C46H26OS. The standard InChI is InChI=1S/C46H26OS/c1-3-17-34-32(15-1)42(28-12-7-11-27(25-28)30-19-9-21-37-31-14-5-6-24-41(31)48-46(30)37)33-16-2-4-18-35(33)44(34)38-26-29-13-8-22-39-43(29)45-36(38)20-10-23-40(45)47-39/h1-26H. The molecule has 0 saturated carbocycles. The van der Waals surface area contributed by atoms with Crippen LogP contribution in [0.15, 0.2) is 162 Å². The molecule has 222 valence electrons. The zero-order chi connectivity index (χ0) is 31.3. The Bertz CT molecular complexity index is 3010. The van der Waals surface area contributed by atoms with E-state index in [1.165, 1.54) is 96.6 Å². The molecule has 0 saturated heterocycles. The van der Waals surface area contributed by atoms with Gasteiger partial charge in [-0.05, 0) is 96.0 Å². The first-order valence-corrected chi connectivity index (χ1v) is 17.2. The summed E-state index contributed by atoms with van der Waals surface area (Å²) in [6.45, 7) is 0. The van der Waals surface area contributed by atoms with Crippen molar-refractivity contribution in [2.45, 2.75) is 0 Å². The van der Waals surface area contributed by atoms with Gasteiger partial charge in [0.25, 0.3) is 0 Å². The number of rotatable bonds is 3. The lowest BCUT2D eigenvalue weighted by atomic mass is 9.83. The lowest BCUT2D eigenvalue weighted by molar-refractivity contribution is 0.669. The number of benzene rings is 9. The maximum absolute atomic E-state index is 6.35. The van der Waals surface area contributed by atoms with Crippen molar-refractivity contribution in [2.24, 2.45) is 0 Å². The first-order valence-electron chi connectivity index (χ1n) is 16.4. The van der Waals surface area contributed by atoms with E-state index in [9.17, 15) is 0 Å². The summed E-state index contributed by atoms with van der Waals surface area (Å²) in [6.07, 6.45) is 0. The SMILES string of the molecule is c1cc(-c2c3ccccc3c(-c3cc4cccc5oc6cccc3c6c45)c3ccccc23)cc(-c2cccc3c2sc2ccccc23)c1. The van der Waals surface area contributed by atoms with Gasteiger partial charge in [-0.2, -0.15) is 0 Å². The van der Waals surface area contributed by atoms with Crippen molar-refractivity contribution in [1.82, 2.24) is 0 Å². The third kappa shape index (κ3) is 3.55. The molecule has 0 aliphatic carbocycles. The van der Waals surface area contributed by atoms with E-state index in [-0.39, 0.29) is 0 Å². The molecule has 0 aliphatic heterocycles. The minimum atomic E-state index is 0.941. The second kappa shape index (κ2) is 9.78. The van der Waals surface area contributed by atoms with Gasteiger partial charge in [-0.3, -0.25) is 0 Å². The highest BCUT2D eigenvalue weighted by Gasteiger charge is 2.22. The summed E-state index contributed by atoms with van der Waals surface area (Å²) in [5, 5.41) is 12.5. The average molecular weight is 627 g/mol. The van der Waals surface area contributed by atoms with E-state index >= 15 is 0 Å². The normalized spacial score (nSPS) is 12.2. The average Bonchev–Trinajstić information content (AvgIpc) is 3.72. The highest BCUT2D eigenvalue weighted by Crippen LogP contribution is 2.49. The molecule has 48 heavy (non-hydrogen) atoms. The zero-order valence-corrected chi connectivity index (χ0v) is 26.6. The number of hydrogen-bond donors (Lipinski definition) is 0. The maximum Gasteiger partial charge on any atom is 0.136 e. The molecule has 1 nitrogen and oxygen atoms in total. The highest BCUT2D eigenvalue weighted by molar-refractivity contribution is 7.26. The number of fused-ring (bicyclic) bond motifs is 5. The molecule has 0 aliphatic rings. The fourth-order valence-electron chi connectivity index (χ4n) is 8.22. The van der Waals surface area contributed by atoms with Crippen LogP contribution >= 0.6 is 11.3 Å². The van der Waals surface area contributed by atoms with Gasteiger partial charge >= 0.3 is 0 Å². The minimum Gasteiger partial charge on any atom is -0.456 e. The van der Waals surface area contributed by atoms with Crippen molar-refractivity contribution in [3.05, 3.63) is 158 Å². The summed E-state index contributed by atoms with van der Waals surface area (Å²) in [7, 11) is 0. The Hall–Kier alpha value is -5.96. The lowest BCUT2D eigenvalue weighted by Gasteiger charge is -2.19. The van der Waals surface area contributed by atoms with Crippen LogP contribution in [0.5, 0.6) is 0 Å². The molecule has 2 aromatic heterocycles. The van der Waals surface area contributed by atoms with Gasteiger partial charge in [-0.25, -0.2) is 0 Å². The van der Waals surface area contributed by atoms with Crippen molar-refractivity contribution >= 4 is 85.8 Å². The van der Waals surface area contributed by atoms with Gasteiger partial charge in [0.05, 0.1) is 0 Å². The summed E-state index contributed by atoms with van der Waals surface area (Å²) < 4.78 is 9.02. The molecule has 0 spiro atoms. The third-order valence-corrected chi connectivity index (χ3v) is 11.4. The smallest absolute Gasteiger partial charge is 0.136 e. The lowest BCUT2D eigenvalue weighted by Crippen LogP contribution is -1.92. The van der Waals surface area contributed by atoms with E-state index in [0.29, 0.717) is 0 Å². The van der Waals surface area contributed by atoms with Crippen LogP contribution in [0.25, 0.3) is 108 Å². The van der Waals surface area contributed by atoms with Crippen LogP contribution < -0.4 is 0 Å². The van der Waals surface area contributed by atoms with Crippen molar-refractivity contribution in [3.63, 3.8) is 0 Å². The van der Waals surface area contributed by atoms with Gasteiger partial charge in [-0.15, -0.1) is 11.3 Å². The number of thiophene rings is 1. The van der Waals surface area contributed by atoms with Crippen molar-refractivity contribution < 1.29 is 4.42 Å². The second-order valence-electron chi connectivity index (χ2n) is 12.8. The van der Waals surface area contributed by atoms with Crippen LogP contribution in [0.4, 0.5) is 0 Å². The monoisotopic (exact) mass is 626 g/mol. The van der Waals surface area contributed by atoms with Gasteiger partial charge in [0.2, 0.25) is 0 Å². The number of hydrogen-bond acceptors (Lipinski definition) is 2. The summed E-state index contributed by atoms with van der Waals surface area (Å²) in [6, 6.07) is 57.8. The molecule has 0 radical (unpaired) electrons. The molecule has 0 fully saturated rings. The summed E-state index contributed by atoms with van der Waals surface area (Å²) in [4.78, 5) is 0. The van der Waals surface area contributed by atoms with Gasteiger partial charge in [-0.1, -0.05) is 127 Å². The van der Waals surface area contributed by atoms with Gasteiger partial charge in [0, 0.05) is 30.9 Å². The number of furan rings is 1. The highest BCUT2D eigenvalue weighted by atomic mass is 32.1. The van der Waals surface area contributed by atoms with Crippen LogP contribution in [0.2, 0.25) is 0 Å². The molecule has 9 aromatic carbocycles. The van der Waals surface area contributed by atoms with Gasteiger partial charge < -0.3 is 4.42 Å². The fraction of sp³-hybridized carbons (Fsp3) is 0. The molecule has 11 aromatic rings. The van der Waals surface area contributed by atoms with Crippen LogP contribution in [0.3, 0.4) is 0 Å². The third-order valence-electron chi connectivity index (χ3n) is 10.2.